The minimum atomic E-state index is -1.49. The summed E-state index contributed by atoms with van der Waals surface area (Å²) in [6.45, 7) is -0.433. The number of rotatable bonds is 0. The van der Waals surface area contributed by atoms with Crippen LogP contribution in [0.25, 0.3) is 0 Å². The average Bonchev–Trinajstić information content (AvgIpc) is 1.35. The zero-order valence-electron chi connectivity index (χ0n) is 3.29. The van der Waals surface area contributed by atoms with E-state index in [1.807, 2.05) is 0 Å². The Morgan fingerprint density at radius 3 is 1.38 bits per heavy atom. The molecule has 0 aromatic rings. The molecule has 0 aromatic heterocycles. The molecule has 0 spiro atoms. The fourth-order valence-electron chi connectivity index (χ4n) is 0. The molecule has 0 radical (unpaired) electrons. The summed E-state index contributed by atoms with van der Waals surface area (Å²) in [6.07, 6.45) is 0. The summed E-state index contributed by atoms with van der Waals surface area (Å²) in [5, 5.41) is 8.01. The molecule has 0 heterocycles. The van der Waals surface area contributed by atoms with E-state index in [4.69, 9.17) is 39.9 Å². The van der Waals surface area contributed by atoms with Gasteiger partial charge in [-0.1, -0.05) is 34.8 Å². The van der Waals surface area contributed by atoms with Crippen LogP contribution in [0.1, 0.15) is 0 Å². The molecule has 2 nitrogen and oxygen atoms in total. The van der Waals surface area contributed by atoms with Crippen LogP contribution in [-0.4, -0.2) is 69.9 Å². The van der Waals surface area contributed by atoms with Gasteiger partial charge in [0.1, 0.15) is 0 Å². The molecule has 0 unspecified atom stereocenters. The van der Waals surface area contributed by atoms with E-state index in [-0.39, 0.29) is 54.4 Å². The van der Waals surface area contributed by atoms with E-state index < -0.39 is 10.4 Å². The van der Waals surface area contributed by atoms with Crippen LogP contribution in [0.3, 0.4) is 0 Å². The van der Waals surface area contributed by atoms with Crippen LogP contribution in [-0.2, 0) is 0 Å². The molecule has 0 aliphatic heterocycles. The Bertz CT molecular complexity index is 45.0. The van der Waals surface area contributed by atoms with Gasteiger partial charge < -0.3 is 10.6 Å². The second-order valence-electron chi connectivity index (χ2n) is 0.773. The molecule has 0 aliphatic rings. The van der Waals surface area contributed by atoms with Crippen LogP contribution in [0.15, 0.2) is 0 Å². The van der Waals surface area contributed by atoms with E-state index in [0.29, 0.717) is 0 Å². The average molecular weight is 307 g/mol. The first kappa shape index (κ1) is 16.8. The van der Waals surface area contributed by atoms with E-state index in [1.165, 1.54) is 0 Å². The minimum absolute atomic E-state index is 0. The van der Waals surface area contributed by atoms with E-state index in [2.05, 4.69) is 0 Å². The maximum atomic E-state index is 8.01. The Kier molecular flexibility index (Phi) is 15.6. The Balaban J connectivity index is -0.000000125. The van der Waals surface area contributed by atoms with Crippen molar-refractivity contribution < 1.29 is 10.6 Å². The number of hydrogen-bond acceptors (Lipinski definition) is 1. The summed E-state index contributed by atoms with van der Waals surface area (Å²) in [6, 6.07) is 0. The molecule has 0 saturated heterocycles. The van der Waals surface area contributed by atoms with E-state index >= 15 is 0 Å². The number of halogens is 3. The van der Waals surface area contributed by atoms with Gasteiger partial charge in [-0.15, -0.1) is 0 Å². The van der Waals surface area contributed by atoms with Gasteiger partial charge in [-0.3, -0.25) is 0 Å². The molecule has 0 bridgehead atoms. The molecular formula is C2H7BaCl3O2. The van der Waals surface area contributed by atoms with Crippen molar-refractivity contribution >= 4 is 83.7 Å². The van der Waals surface area contributed by atoms with E-state index in [9.17, 15) is 0 Å². The normalized spacial score (nSPS) is 9.00. The summed E-state index contributed by atoms with van der Waals surface area (Å²) in [5.41, 5.74) is 0. The SMILES string of the molecule is O.OCC(Cl)(Cl)Cl.[BaH2]. The molecule has 0 amide bonds. The fourth-order valence-corrected chi connectivity index (χ4v) is 0. The molecule has 0 fully saturated rings. The van der Waals surface area contributed by atoms with Gasteiger partial charge in [-0.25, -0.2) is 0 Å². The number of alkyl halides is 3. The first-order chi connectivity index (χ1) is 2.56. The summed E-state index contributed by atoms with van der Waals surface area (Å²) in [7, 11) is 0. The van der Waals surface area contributed by atoms with Gasteiger partial charge in [0.25, 0.3) is 0 Å². The molecule has 0 aromatic carbocycles. The second kappa shape index (κ2) is 7.47. The predicted octanol–water partition coefficient (Wildman–Crippen LogP) is -0.392. The van der Waals surface area contributed by atoms with Crippen molar-refractivity contribution in [2.24, 2.45) is 0 Å². The fraction of sp³-hybridized carbons (Fsp3) is 1.00. The number of hydrogen-bond donors (Lipinski definition) is 1. The quantitative estimate of drug-likeness (QED) is 0.481. The van der Waals surface area contributed by atoms with Gasteiger partial charge in [-0.05, 0) is 0 Å². The Labute approximate surface area is 103 Å². The third-order valence-electron chi connectivity index (χ3n) is 0.179. The first-order valence-corrected chi connectivity index (χ1v) is 2.37. The monoisotopic (exact) mass is 306 g/mol. The van der Waals surface area contributed by atoms with Crippen molar-refractivity contribution in [1.29, 1.82) is 0 Å². The standard InChI is InChI=1S/C2H3Cl3O.Ba.H2O.2H/c3-2(4,5)1-6;;;;/h6H,1H2;;1H2;;. The van der Waals surface area contributed by atoms with Crippen molar-refractivity contribution in [2.45, 2.75) is 3.79 Å². The molecule has 0 rings (SSSR count). The number of aliphatic hydroxyl groups is 1. The van der Waals surface area contributed by atoms with Crippen LogP contribution in [0, 0.1) is 0 Å². The summed E-state index contributed by atoms with van der Waals surface area (Å²) in [5.74, 6) is 0. The zero-order valence-corrected chi connectivity index (χ0v) is 5.56. The molecule has 0 aliphatic carbocycles. The summed E-state index contributed by atoms with van der Waals surface area (Å²) >= 11 is 15.0. The predicted molar refractivity (Wildman–Crippen MR) is 39.5 cm³/mol. The van der Waals surface area contributed by atoms with E-state index in [1.54, 1.807) is 0 Å². The van der Waals surface area contributed by atoms with Gasteiger partial charge in [0.05, 0.1) is 6.61 Å². The molecule has 6 heteroatoms. The third kappa shape index (κ3) is 15.8. The number of aliphatic hydroxyl groups excluding tert-OH is 1. The van der Waals surface area contributed by atoms with Gasteiger partial charge in [-0.2, -0.15) is 0 Å². The van der Waals surface area contributed by atoms with Crippen molar-refractivity contribution in [3.63, 3.8) is 0 Å². The van der Waals surface area contributed by atoms with Crippen LogP contribution < -0.4 is 0 Å². The molecule has 0 atom stereocenters. The Hall–Kier alpha value is 2.36. The van der Waals surface area contributed by atoms with Crippen LogP contribution in [0.4, 0.5) is 0 Å². The molecule has 3 N–H and O–H groups in total. The van der Waals surface area contributed by atoms with Crippen molar-refractivity contribution in [2.75, 3.05) is 6.61 Å². The molecular weight excluding hydrogens is 300 g/mol. The molecule has 8 heavy (non-hydrogen) atoms. The maximum absolute atomic E-state index is 8.01. The molecule has 0 saturated carbocycles. The van der Waals surface area contributed by atoms with Crippen LogP contribution >= 0.6 is 34.8 Å². The van der Waals surface area contributed by atoms with Gasteiger partial charge in [0.15, 0.2) is 0 Å². The van der Waals surface area contributed by atoms with E-state index in [0.717, 1.165) is 0 Å². The van der Waals surface area contributed by atoms with Gasteiger partial charge >= 0.3 is 48.9 Å². The van der Waals surface area contributed by atoms with Crippen molar-refractivity contribution in [3.05, 3.63) is 0 Å². The second-order valence-corrected chi connectivity index (χ2v) is 3.29. The van der Waals surface area contributed by atoms with Gasteiger partial charge in [0, 0.05) is 0 Å². The molecule has 50 valence electrons. The van der Waals surface area contributed by atoms with Crippen LogP contribution in [0.2, 0.25) is 0 Å². The third-order valence-corrected chi connectivity index (χ3v) is 0.538. The zero-order chi connectivity index (χ0) is 5.21. The van der Waals surface area contributed by atoms with Crippen LogP contribution in [0.5, 0.6) is 0 Å². The Morgan fingerprint density at radius 2 is 1.38 bits per heavy atom. The summed E-state index contributed by atoms with van der Waals surface area (Å²) < 4.78 is -1.49. The van der Waals surface area contributed by atoms with Crippen molar-refractivity contribution in [1.82, 2.24) is 0 Å². The first-order valence-electron chi connectivity index (χ1n) is 1.24. The van der Waals surface area contributed by atoms with Crippen molar-refractivity contribution in [3.8, 4) is 0 Å². The summed E-state index contributed by atoms with van der Waals surface area (Å²) in [4.78, 5) is 0. The topological polar surface area (TPSA) is 51.7 Å². The van der Waals surface area contributed by atoms with Gasteiger partial charge in [0.2, 0.25) is 3.79 Å². The Morgan fingerprint density at radius 1 is 1.25 bits per heavy atom.